The van der Waals surface area contributed by atoms with Crippen molar-refractivity contribution in [1.29, 1.82) is 0 Å². The van der Waals surface area contributed by atoms with E-state index >= 15 is 0 Å². The van der Waals surface area contributed by atoms with Gasteiger partial charge in [0.05, 0.1) is 18.1 Å². The first kappa shape index (κ1) is 21.7. The SMILES string of the molecule is O=C(CO)N1CC=C(c2cc3c(-c4cncc(OCc5cccc(F)c5)n4)ccnc3[nH]2)CC1. The third kappa shape index (κ3) is 4.51. The number of aromatic nitrogens is 4. The van der Waals surface area contributed by atoms with Crippen LogP contribution in [0.3, 0.4) is 0 Å². The van der Waals surface area contributed by atoms with Gasteiger partial charge in [-0.15, -0.1) is 0 Å². The van der Waals surface area contributed by atoms with Gasteiger partial charge in [-0.25, -0.2) is 14.4 Å². The van der Waals surface area contributed by atoms with Crippen molar-refractivity contribution in [2.75, 3.05) is 19.7 Å². The summed E-state index contributed by atoms with van der Waals surface area (Å²) in [5.74, 6) is -0.246. The van der Waals surface area contributed by atoms with Crippen LogP contribution in [0.4, 0.5) is 4.39 Å². The summed E-state index contributed by atoms with van der Waals surface area (Å²) in [5, 5.41) is 9.96. The van der Waals surface area contributed by atoms with Crippen molar-refractivity contribution >= 4 is 22.5 Å². The van der Waals surface area contributed by atoms with E-state index in [0.29, 0.717) is 36.6 Å². The minimum absolute atomic E-state index is 0.180. The molecule has 1 aliphatic heterocycles. The number of nitrogens with zero attached hydrogens (tertiary/aromatic N) is 4. The number of aliphatic hydroxyl groups is 1. The first-order valence-electron chi connectivity index (χ1n) is 10.9. The van der Waals surface area contributed by atoms with Gasteiger partial charge in [-0.2, -0.15) is 0 Å². The van der Waals surface area contributed by atoms with Crippen LogP contribution >= 0.6 is 0 Å². The van der Waals surface area contributed by atoms with Gasteiger partial charge >= 0.3 is 0 Å². The predicted molar refractivity (Wildman–Crippen MR) is 124 cm³/mol. The summed E-state index contributed by atoms with van der Waals surface area (Å²) in [7, 11) is 0. The highest BCUT2D eigenvalue weighted by Crippen LogP contribution is 2.31. The number of benzene rings is 1. The Kier molecular flexibility index (Phi) is 6.01. The molecule has 2 N–H and O–H groups in total. The standard InChI is InChI=1S/C25H22FN5O3/c26-18-3-1-2-16(10-18)15-34-23-13-27-12-22(29-23)19-4-7-28-25-20(19)11-21(30-25)17-5-8-31(9-6-17)24(33)14-32/h1-5,7,10-13,32H,6,8-9,14-15H2,(H,28,30). The molecular formula is C25H22FN5O3. The molecule has 0 saturated carbocycles. The number of carbonyl (C=O) groups is 1. The predicted octanol–water partition coefficient (Wildman–Crippen LogP) is 3.35. The van der Waals surface area contributed by atoms with E-state index in [1.54, 1.807) is 29.4 Å². The van der Waals surface area contributed by atoms with E-state index in [2.05, 4.69) is 19.9 Å². The molecule has 4 heterocycles. The van der Waals surface area contributed by atoms with Crippen LogP contribution in [0.5, 0.6) is 5.88 Å². The number of hydrogen-bond acceptors (Lipinski definition) is 6. The molecule has 9 heteroatoms. The Morgan fingerprint density at radius 2 is 2.15 bits per heavy atom. The number of halogens is 1. The second kappa shape index (κ2) is 9.40. The summed E-state index contributed by atoms with van der Waals surface area (Å²) in [6, 6.07) is 10.1. The zero-order chi connectivity index (χ0) is 23.5. The molecule has 0 fully saturated rings. The molecule has 3 aromatic heterocycles. The average Bonchev–Trinajstić information content (AvgIpc) is 3.32. The molecule has 4 aromatic rings. The van der Waals surface area contributed by atoms with Crippen LogP contribution in [0, 0.1) is 5.82 Å². The number of aromatic amines is 1. The van der Waals surface area contributed by atoms with Gasteiger partial charge < -0.3 is 19.7 Å². The lowest BCUT2D eigenvalue weighted by molar-refractivity contribution is -0.133. The second-order valence-electron chi connectivity index (χ2n) is 7.94. The molecule has 172 valence electrons. The zero-order valence-corrected chi connectivity index (χ0v) is 18.2. The fraction of sp³-hybridized carbons (Fsp3) is 0.200. The van der Waals surface area contributed by atoms with Crippen LogP contribution in [0.1, 0.15) is 17.7 Å². The van der Waals surface area contributed by atoms with E-state index in [0.717, 1.165) is 27.9 Å². The van der Waals surface area contributed by atoms with Crippen molar-refractivity contribution in [2.24, 2.45) is 0 Å². The number of nitrogens with one attached hydrogen (secondary N) is 1. The summed E-state index contributed by atoms with van der Waals surface area (Å²) in [5.41, 5.74) is 4.92. The van der Waals surface area contributed by atoms with Crippen LogP contribution < -0.4 is 4.74 Å². The first-order valence-corrected chi connectivity index (χ1v) is 10.9. The van der Waals surface area contributed by atoms with Crippen LogP contribution in [0.2, 0.25) is 0 Å². The molecule has 0 bridgehead atoms. The van der Waals surface area contributed by atoms with Gasteiger partial charge in [0.2, 0.25) is 11.8 Å². The molecule has 5 rings (SSSR count). The van der Waals surface area contributed by atoms with Gasteiger partial charge in [0.1, 0.15) is 24.7 Å². The third-order valence-corrected chi connectivity index (χ3v) is 5.74. The van der Waals surface area contributed by atoms with Crippen molar-refractivity contribution in [1.82, 2.24) is 24.8 Å². The number of ether oxygens (including phenoxy) is 1. The normalized spacial score (nSPS) is 13.7. The van der Waals surface area contributed by atoms with E-state index in [9.17, 15) is 9.18 Å². The molecule has 0 radical (unpaired) electrons. The number of hydrogen-bond donors (Lipinski definition) is 2. The number of pyridine rings is 1. The first-order chi connectivity index (χ1) is 16.6. The van der Waals surface area contributed by atoms with Crippen molar-refractivity contribution < 1.29 is 19.0 Å². The zero-order valence-electron chi connectivity index (χ0n) is 18.2. The van der Waals surface area contributed by atoms with Gasteiger partial charge in [-0.1, -0.05) is 18.2 Å². The third-order valence-electron chi connectivity index (χ3n) is 5.74. The molecule has 0 unspecified atom stereocenters. The summed E-state index contributed by atoms with van der Waals surface area (Å²) in [4.78, 5) is 30.0. The van der Waals surface area contributed by atoms with Gasteiger partial charge in [0.15, 0.2) is 0 Å². The van der Waals surface area contributed by atoms with E-state index < -0.39 is 6.61 Å². The number of H-pyrrole nitrogens is 1. The highest BCUT2D eigenvalue weighted by Gasteiger charge is 2.19. The van der Waals surface area contributed by atoms with Crippen molar-refractivity contribution in [3.8, 4) is 17.1 Å². The Bertz CT molecular complexity index is 1380. The van der Waals surface area contributed by atoms with Crippen molar-refractivity contribution in [3.63, 3.8) is 0 Å². The number of amides is 1. The quantitative estimate of drug-likeness (QED) is 0.458. The largest absolute Gasteiger partial charge is 0.472 e. The molecule has 0 saturated heterocycles. The highest BCUT2D eigenvalue weighted by molar-refractivity contribution is 5.94. The van der Waals surface area contributed by atoms with Crippen molar-refractivity contribution in [2.45, 2.75) is 13.0 Å². The molecule has 8 nitrogen and oxygen atoms in total. The van der Waals surface area contributed by atoms with Crippen LogP contribution in [0.15, 0.2) is 61.1 Å². The summed E-state index contributed by atoms with van der Waals surface area (Å²) in [6.45, 7) is 0.715. The molecule has 1 aliphatic rings. The highest BCUT2D eigenvalue weighted by atomic mass is 19.1. The second-order valence-corrected chi connectivity index (χ2v) is 7.94. The molecule has 1 aromatic carbocycles. The Morgan fingerprint density at radius 1 is 1.24 bits per heavy atom. The van der Waals surface area contributed by atoms with E-state index in [1.807, 2.05) is 18.2 Å². The minimum Gasteiger partial charge on any atom is -0.472 e. The summed E-state index contributed by atoms with van der Waals surface area (Å²) >= 11 is 0. The Hall–Kier alpha value is -4.11. The maximum atomic E-state index is 13.4. The maximum absolute atomic E-state index is 13.4. The average molecular weight is 459 g/mol. The molecule has 0 aliphatic carbocycles. The summed E-state index contributed by atoms with van der Waals surface area (Å²) < 4.78 is 19.1. The smallest absolute Gasteiger partial charge is 0.248 e. The lowest BCUT2D eigenvalue weighted by Crippen LogP contribution is -2.36. The molecule has 0 atom stereocenters. The number of carbonyl (C=O) groups excluding carboxylic acids is 1. The number of aliphatic hydroxyl groups excluding tert-OH is 1. The Balaban J connectivity index is 1.39. The topological polar surface area (TPSA) is 104 Å². The van der Waals surface area contributed by atoms with Crippen LogP contribution in [-0.2, 0) is 11.4 Å². The molecule has 1 amide bonds. The number of rotatable bonds is 6. The van der Waals surface area contributed by atoms with E-state index in [4.69, 9.17) is 9.84 Å². The molecule has 0 spiro atoms. The van der Waals surface area contributed by atoms with Crippen LogP contribution in [-0.4, -0.2) is 55.5 Å². The number of fused-ring (bicyclic) bond motifs is 1. The minimum atomic E-state index is -0.477. The van der Waals surface area contributed by atoms with E-state index in [1.165, 1.54) is 18.3 Å². The summed E-state index contributed by atoms with van der Waals surface area (Å²) in [6.07, 6.45) is 7.56. The fourth-order valence-electron chi connectivity index (χ4n) is 3.99. The lowest BCUT2D eigenvalue weighted by Gasteiger charge is -2.25. The van der Waals surface area contributed by atoms with Gasteiger partial charge in [0.25, 0.3) is 0 Å². The van der Waals surface area contributed by atoms with Crippen molar-refractivity contribution in [3.05, 3.63) is 78.1 Å². The Labute approximate surface area is 194 Å². The fourth-order valence-corrected chi connectivity index (χ4v) is 3.99. The molecule has 34 heavy (non-hydrogen) atoms. The van der Waals surface area contributed by atoms with Crippen LogP contribution in [0.25, 0.3) is 27.9 Å². The molecular weight excluding hydrogens is 437 g/mol. The van der Waals surface area contributed by atoms with Gasteiger partial charge in [-0.3, -0.25) is 9.78 Å². The van der Waals surface area contributed by atoms with Gasteiger partial charge in [-0.05, 0) is 41.8 Å². The monoisotopic (exact) mass is 459 g/mol. The lowest BCUT2D eigenvalue weighted by atomic mass is 10.0. The Morgan fingerprint density at radius 3 is 2.94 bits per heavy atom. The van der Waals surface area contributed by atoms with Gasteiger partial charge in [0, 0.05) is 35.9 Å². The maximum Gasteiger partial charge on any atom is 0.248 e. The van der Waals surface area contributed by atoms with E-state index in [-0.39, 0.29) is 18.3 Å².